The standard InChI is InChI=1S/4C20H21N3O5S2/c4*1-10-8-11(2)17(15(9-10)14(5)24)21-19(25)18-16(6-7-29-18)30(26,27)23-20-12(3)13(4)22-28-20/h4*6-9,23H,1-5H3,(H,21,25)/i1D3,2D3,3D3,4D3,5D3;1D3,2D3,4D3,5D3;3D3,5D3,9D;5D3,9D/hD8. The van der Waals surface area contributed by atoms with Crippen LogP contribution in [-0.4, -0.2) is 101 Å². The number of ketones is 4. The number of benzene rings is 4. The van der Waals surface area contributed by atoms with E-state index in [-0.39, 0.29) is 74.8 Å². The smallest absolute Gasteiger partial charge is 0.267 e. The van der Waals surface area contributed by atoms with Gasteiger partial charge in [0, 0.05) is 93.9 Å². The van der Waals surface area contributed by atoms with Gasteiger partial charge in [-0.1, -0.05) is 44.9 Å². The molecule has 12 aromatic rings. The number of amides is 4. The zero-order valence-electron chi connectivity index (χ0n) is 108. The molecule has 120 heavy (non-hydrogen) atoms. The Morgan fingerprint density at radius 3 is 0.883 bits per heavy atom. The Morgan fingerprint density at radius 1 is 0.333 bits per heavy atom. The number of aromatic nitrogens is 4. The second kappa shape index (κ2) is 37.2. The normalized spacial score (nSPS) is 18.2. The van der Waals surface area contributed by atoms with Crippen molar-refractivity contribution in [2.45, 2.75) is 157 Å². The van der Waals surface area contributed by atoms with E-state index in [1.54, 1.807) is 6.92 Å². The summed E-state index contributed by atoms with van der Waals surface area (Å²) in [7, 11) is -20.1. The Morgan fingerprint density at radius 2 is 0.600 bits per heavy atom. The van der Waals surface area contributed by atoms with Gasteiger partial charge in [-0.2, -0.15) is 0 Å². The van der Waals surface area contributed by atoms with Crippen LogP contribution in [0.3, 0.4) is 0 Å². The number of Topliss-reactive ketones (excluding diaryl/α,β-unsaturated/α-hetero) is 4. The number of anilines is 8. The fourth-order valence-electron chi connectivity index (χ4n) is 9.77. The first-order valence-corrected chi connectivity index (χ1v) is 41.6. The maximum atomic E-state index is 13.6. The number of carbonyl (C=O) groups excluding carboxylic acids is 8. The largest absolute Gasteiger partial charge is 0.337 e. The van der Waals surface area contributed by atoms with Crippen molar-refractivity contribution in [3.63, 3.8) is 0 Å². The van der Waals surface area contributed by atoms with Gasteiger partial charge in [-0.25, -0.2) is 52.5 Å². The van der Waals surface area contributed by atoms with Crippen LogP contribution in [0.2, 0.25) is 11.3 Å². The van der Waals surface area contributed by atoms with Gasteiger partial charge in [0.1, 0.15) is 39.1 Å². The number of nitrogens with one attached hydrogen (secondary N) is 8. The van der Waals surface area contributed by atoms with E-state index in [1.807, 2.05) is 0 Å². The highest BCUT2D eigenvalue weighted by Gasteiger charge is 2.33. The van der Waals surface area contributed by atoms with E-state index in [9.17, 15) is 72.0 Å². The minimum absolute atomic E-state index is 0.0814. The summed E-state index contributed by atoms with van der Waals surface area (Å²) in [5.41, 5.74) is -13.6. The summed E-state index contributed by atoms with van der Waals surface area (Å²) in [5.74, 6) is -15.9. The Balaban J connectivity index is 0.000000244. The number of hydrogen-bond donors (Lipinski definition) is 8. The molecule has 0 radical (unpaired) electrons. The number of carbonyl (C=O) groups is 8. The molecular weight excluding hydrogens is 1710 g/mol. The fourth-order valence-corrected chi connectivity index (χ4v) is 18.7. The quantitative estimate of drug-likeness (QED) is 0.0260. The predicted octanol–water partition coefficient (Wildman–Crippen LogP) is 16.9. The van der Waals surface area contributed by atoms with Crippen LogP contribution in [0, 0.1) is 110 Å². The lowest BCUT2D eigenvalue weighted by Crippen LogP contribution is -2.20. The molecule has 8 aromatic heterocycles. The summed E-state index contributed by atoms with van der Waals surface area (Å²) in [6.07, 6.45) is 0. The van der Waals surface area contributed by atoms with Gasteiger partial charge >= 0.3 is 0 Å². The molecule has 0 aliphatic heterocycles. The SMILES string of the molecule is [2H]N(C(=O)c1sccc1S(=O)(=O)N([2H])c1onc(C([2H])([2H])[2H])c1C([2H])([2H])[2H])c1c(C(=O)C([2H])([2H])[2H])cc(C([2H])([2H])[2H])cc1C([2H])([2H])[2H].[2H]N(C(=O)c1sccc1S(=O)(=O)N([2H])c1onc(C([2H])([2H])[2H])c1C)c1c(C(=O)C([2H])([2H])[2H])cc(C([2H])([2H])[2H])cc1C([2H])([2H])[2H].[2H]c1c(C)cc(C)c(N([2H])C(=O)c2sccc2S(=O)(=O)N([2H])c2onc(C)c2C([2H])([2H])[2H])c1C(=O)C([2H])([2H])[2H].[2H]c1c(C)cc(C)c(N([2H])C(=O)c2sccc2S(=O)(=O)N([2H])c2onc(C)c2C)c1C(=O)C([2H])([2H])[2H]. The zero-order valence-corrected chi connectivity index (χ0v) is 68.4. The van der Waals surface area contributed by atoms with E-state index in [1.165, 1.54) is 64.4 Å². The third kappa shape index (κ3) is 21.0. The van der Waals surface area contributed by atoms with E-state index < -0.39 is 332 Å². The van der Waals surface area contributed by atoms with Crippen molar-refractivity contribution >= 4 is 178 Å². The first kappa shape index (κ1) is 47.2. The Hall–Kier alpha value is -11.9. The van der Waals surface area contributed by atoms with Gasteiger partial charge < -0.3 is 39.3 Å². The van der Waals surface area contributed by atoms with Crippen molar-refractivity contribution in [3.8, 4) is 0 Å². The van der Waals surface area contributed by atoms with Crippen molar-refractivity contribution < 1.29 is 154 Å². The van der Waals surface area contributed by atoms with Crippen LogP contribution in [-0.2, 0) is 40.1 Å². The molecule has 0 saturated heterocycles. The van der Waals surface area contributed by atoms with Crippen LogP contribution in [0.25, 0.3) is 0 Å². The maximum Gasteiger partial charge on any atom is 0.267 e. The number of hydrogen-bond acceptors (Lipinski definition) is 28. The lowest BCUT2D eigenvalue weighted by molar-refractivity contribution is 0.100. The minimum atomic E-state index is -5.40. The van der Waals surface area contributed by atoms with Gasteiger partial charge in [0.25, 0.3) is 63.7 Å². The monoisotopic (exact) mass is 1830 g/mol. The average Bonchev–Trinajstić information content (AvgIpc) is 1.25. The third-order valence-electron chi connectivity index (χ3n) is 15.5. The molecule has 0 unspecified atom stereocenters. The molecule has 0 atom stereocenters. The topological polar surface area (TPSA) is 473 Å². The van der Waals surface area contributed by atoms with Crippen LogP contribution >= 0.6 is 45.3 Å². The predicted molar refractivity (Wildman–Crippen MR) is 460 cm³/mol. The number of thiophene rings is 4. The third-order valence-corrected chi connectivity index (χ3v) is 24.9. The zero-order chi connectivity index (χ0) is 128. The summed E-state index contributed by atoms with van der Waals surface area (Å²) in [5, 5.41) is 17.7. The van der Waals surface area contributed by atoms with Gasteiger partial charge in [0.05, 0.1) is 48.3 Å². The molecule has 8 heterocycles. The molecule has 4 aromatic carbocycles. The van der Waals surface area contributed by atoms with Crippen LogP contribution in [0.4, 0.5) is 46.3 Å². The summed E-state index contributed by atoms with van der Waals surface area (Å²) in [6, 6.07) is 7.46. The summed E-state index contributed by atoms with van der Waals surface area (Å²) in [6.45, 7) is -27.4. The van der Waals surface area contributed by atoms with Crippen molar-refractivity contribution in [2.24, 2.45) is 0 Å². The van der Waals surface area contributed by atoms with Crippen molar-refractivity contribution in [1.29, 1.82) is 0 Å². The Labute approximate surface area is 773 Å². The molecule has 32 nitrogen and oxygen atoms in total. The molecule has 40 heteroatoms. The fraction of sp³-hybridized carbons (Fsp3) is 0.250. The molecule has 12 rings (SSSR count). The van der Waals surface area contributed by atoms with E-state index >= 15 is 0 Å². The van der Waals surface area contributed by atoms with Crippen molar-refractivity contribution in [2.75, 3.05) is 40.1 Å². The van der Waals surface area contributed by atoms with E-state index in [0.29, 0.717) is 80.9 Å². The van der Waals surface area contributed by atoms with Crippen molar-refractivity contribution in [3.05, 3.63) is 226 Å². The molecule has 8 N–H and O–H groups in total. The number of nitrogens with zero attached hydrogens (tertiary/aromatic N) is 4. The minimum Gasteiger partial charge on any atom is -0.337 e. The second-order valence-corrected chi connectivity index (χ2v) is 34.0. The highest BCUT2D eigenvalue weighted by molar-refractivity contribution is 7.94. The summed E-state index contributed by atoms with van der Waals surface area (Å²) in [4.78, 5) is 98.9. The molecule has 632 valence electrons. The molecule has 0 saturated carbocycles. The van der Waals surface area contributed by atoms with E-state index in [0.717, 1.165) is 41.9 Å². The average molecular weight is 1840 g/mol. The first-order chi connectivity index (χ1) is 74.9. The second-order valence-electron chi connectivity index (χ2n) is 24.1. The van der Waals surface area contributed by atoms with Gasteiger partial charge in [-0.15, -0.1) is 45.3 Å². The van der Waals surface area contributed by atoms with Gasteiger partial charge in [0.15, 0.2) is 34.4 Å². The first-order valence-electron chi connectivity index (χ1n) is 54.9. The molecule has 0 aliphatic rings. The highest BCUT2D eigenvalue weighted by Crippen LogP contribution is 2.36. The summed E-state index contributed by atoms with van der Waals surface area (Å²) < 4.78 is 482. The molecular formula is C80H84N12O20S8. The number of aryl methyl sites for hydroxylation is 12. The van der Waals surface area contributed by atoms with Crippen LogP contribution < -0.4 is 40.1 Å². The van der Waals surface area contributed by atoms with Crippen LogP contribution in [0.15, 0.2) is 132 Å². The lowest BCUT2D eigenvalue weighted by Gasteiger charge is -2.14. The Bertz CT molecular complexity index is 8530. The number of rotatable bonds is 24. The van der Waals surface area contributed by atoms with Crippen molar-refractivity contribution in [1.82, 2.24) is 20.6 Å². The van der Waals surface area contributed by atoms with Crippen LogP contribution in [0.5, 0.6) is 0 Å². The Kier molecular flexibility index (Phi) is 14.6. The van der Waals surface area contributed by atoms with Gasteiger partial charge in [-0.3, -0.25) is 38.4 Å². The van der Waals surface area contributed by atoms with E-state index in [2.05, 4.69) is 25.1 Å². The van der Waals surface area contributed by atoms with E-state index in [4.69, 9.17) is 77.0 Å². The molecule has 0 aliphatic carbocycles. The molecule has 4 amide bonds. The highest BCUT2D eigenvalue weighted by atomic mass is 32.2. The summed E-state index contributed by atoms with van der Waals surface area (Å²) >= 11 is 1.96. The van der Waals surface area contributed by atoms with Gasteiger partial charge in [-0.05, 0) is 252 Å². The lowest BCUT2D eigenvalue weighted by atomic mass is 10.0. The molecule has 0 fully saturated rings. The van der Waals surface area contributed by atoms with Crippen LogP contribution in [0.1, 0.15) is 249 Å². The maximum absolute atomic E-state index is 13.6. The molecule has 0 spiro atoms. The molecule has 0 bridgehead atoms. The number of sulfonamides is 4. The van der Waals surface area contributed by atoms with Gasteiger partial charge in [0.2, 0.25) is 23.5 Å².